The lowest BCUT2D eigenvalue weighted by Crippen LogP contribution is -2.35. The van der Waals surface area contributed by atoms with Crippen LogP contribution in [0.4, 0.5) is 4.79 Å². The highest BCUT2D eigenvalue weighted by molar-refractivity contribution is 5.76. The van der Waals surface area contributed by atoms with Crippen molar-refractivity contribution in [1.82, 2.24) is 9.80 Å². The maximum absolute atomic E-state index is 11.8. The number of amides is 2. The minimum absolute atomic E-state index is 0.0794. The number of hydrogen-bond donors (Lipinski definition) is 1. The second-order valence-electron chi connectivity index (χ2n) is 5.12. The average Bonchev–Trinajstić information content (AvgIpc) is 2.64. The molecule has 1 heterocycles. The molecule has 0 saturated carbocycles. The second kappa shape index (κ2) is 4.98. The van der Waals surface area contributed by atoms with Crippen molar-refractivity contribution in [2.75, 3.05) is 26.7 Å². The van der Waals surface area contributed by atoms with E-state index in [9.17, 15) is 4.79 Å². The summed E-state index contributed by atoms with van der Waals surface area (Å²) in [5, 5.41) is 0. The van der Waals surface area contributed by atoms with Crippen LogP contribution in [0.15, 0.2) is 18.2 Å². The van der Waals surface area contributed by atoms with Gasteiger partial charge in [0.1, 0.15) is 0 Å². The molecule has 2 amide bonds. The molecule has 0 spiro atoms. The topological polar surface area (TPSA) is 49.6 Å². The summed E-state index contributed by atoms with van der Waals surface area (Å²) in [4.78, 5) is 15.4. The Morgan fingerprint density at radius 1 is 1.33 bits per heavy atom. The quantitative estimate of drug-likeness (QED) is 0.883. The van der Waals surface area contributed by atoms with E-state index in [2.05, 4.69) is 32.0 Å². The Morgan fingerprint density at radius 3 is 2.67 bits per heavy atom. The number of rotatable bonds is 3. The molecule has 1 atom stereocenters. The Kier molecular flexibility index (Phi) is 3.57. The number of nitrogens with two attached hydrogens (primary N) is 1. The first-order valence-corrected chi connectivity index (χ1v) is 6.32. The number of benzene rings is 1. The smallest absolute Gasteiger partial charge is 0.319 e. The maximum atomic E-state index is 11.8. The number of urea groups is 1. The molecule has 18 heavy (non-hydrogen) atoms. The Bertz CT molecular complexity index is 458. The van der Waals surface area contributed by atoms with E-state index in [1.165, 1.54) is 11.1 Å². The molecule has 1 saturated heterocycles. The lowest BCUT2D eigenvalue weighted by atomic mass is 9.99. The summed E-state index contributed by atoms with van der Waals surface area (Å²) in [7, 11) is 1.83. The number of carbonyl (C=O) groups excluding carboxylic acids is 1. The minimum Gasteiger partial charge on any atom is -0.326 e. The molecule has 1 unspecified atom stereocenters. The van der Waals surface area contributed by atoms with E-state index in [0.29, 0.717) is 6.54 Å². The van der Waals surface area contributed by atoms with Gasteiger partial charge < -0.3 is 15.5 Å². The molecule has 0 aliphatic carbocycles. The van der Waals surface area contributed by atoms with Gasteiger partial charge in [-0.15, -0.1) is 0 Å². The van der Waals surface area contributed by atoms with Crippen molar-refractivity contribution in [3.8, 4) is 0 Å². The fraction of sp³-hybridized carbons (Fsp3) is 0.500. The van der Waals surface area contributed by atoms with E-state index >= 15 is 0 Å². The molecule has 1 aromatic carbocycles. The number of likely N-dealkylation sites (N-methyl/N-ethyl adjacent to an activating group) is 1. The van der Waals surface area contributed by atoms with Crippen LogP contribution in [0.5, 0.6) is 0 Å². The molecule has 4 heteroatoms. The van der Waals surface area contributed by atoms with Gasteiger partial charge in [0, 0.05) is 32.7 Å². The van der Waals surface area contributed by atoms with Crippen LogP contribution in [-0.2, 0) is 0 Å². The molecule has 98 valence electrons. The Hall–Kier alpha value is -1.55. The summed E-state index contributed by atoms with van der Waals surface area (Å²) in [6, 6.07) is 6.25. The van der Waals surface area contributed by atoms with Gasteiger partial charge in [0.25, 0.3) is 0 Å². The summed E-state index contributed by atoms with van der Waals surface area (Å²) < 4.78 is 0. The van der Waals surface area contributed by atoms with Crippen molar-refractivity contribution in [2.45, 2.75) is 19.9 Å². The first-order valence-electron chi connectivity index (χ1n) is 6.32. The summed E-state index contributed by atoms with van der Waals surface area (Å²) in [6.45, 7) is 6.27. The van der Waals surface area contributed by atoms with Gasteiger partial charge in [0.15, 0.2) is 0 Å². The largest absolute Gasteiger partial charge is 0.326 e. The summed E-state index contributed by atoms with van der Waals surface area (Å²) in [5.41, 5.74) is 9.77. The molecule has 2 N–H and O–H groups in total. The van der Waals surface area contributed by atoms with Crippen molar-refractivity contribution in [3.05, 3.63) is 34.9 Å². The highest BCUT2D eigenvalue weighted by Gasteiger charge is 2.27. The number of carbonyl (C=O) groups is 1. The van der Waals surface area contributed by atoms with Gasteiger partial charge in [-0.1, -0.05) is 23.8 Å². The van der Waals surface area contributed by atoms with Crippen LogP contribution >= 0.6 is 0 Å². The number of hydrogen-bond acceptors (Lipinski definition) is 2. The summed E-state index contributed by atoms with van der Waals surface area (Å²) in [5.74, 6) is 0. The average molecular weight is 247 g/mol. The lowest BCUT2D eigenvalue weighted by molar-refractivity contribution is 0.196. The van der Waals surface area contributed by atoms with Crippen molar-refractivity contribution in [3.63, 3.8) is 0 Å². The van der Waals surface area contributed by atoms with Crippen LogP contribution in [0.2, 0.25) is 0 Å². The third-order valence-corrected chi connectivity index (χ3v) is 3.55. The number of nitrogens with zero attached hydrogens (tertiary/aromatic N) is 2. The van der Waals surface area contributed by atoms with Gasteiger partial charge in [0.05, 0.1) is 0 Å². The molecular weight excluding hydrogens is 226 g/mol. The van der Waals surface area contributed by atoms with Gasteiger partial charge in [-0.3, -0.25) is 0 Å². The standard InChI is InChI=1S/C14H21N3O/c1-10-4-5-11(2)12(8-10)13(15)9-17-7-6-16(3)14(17)18/h4-5,8,13H,6-7,9,15H2,1-3H3. The van der Waals surface area contributed by atoms with E-state index in [0.717, 1.165) is 18.7 Å². The van der Waals surface area contributed by atoms with E-state index in [1.807, 2.05) is 11.9 Å². The van der Waals surface area contributed by atoms with Crippen molar-refractivity contribution in [2.24, 2.45) is 5.73 Å². The SMILES string of the molecule is Cc1ccc(C)c(C(N)CN2CCN(C)C2=O)c1. The monoisotopic (exact) mass is 247 g/mol. The highest BCUT2D eigenvalue weighted by Crippen LogP contribution is 2.20. The van der Waals surface area contributed by atoms with E-state index < -0.39 is 0 Å². The first-order chi connectivity index (χ1) is 8.49. The molecule has 1 aliphatic rings. The van der Waals surface area contributed by atoms with Crippen molar-refractivity contribution >= 4 is 6.03 Å². The molecule has 1 aliphatic heterocycles. The molecule has 0 aromatic heterocycles. The second-order valence-corrected chi connectivity index (χ2v) is 5.12. The molecular formula is C14H21N3O. The lowest BCUT2D eigenvalue weighted by Gasteiger charge is -2.22. The fourth-order valence-corrected chi connectivity index (χ4v) is 2.37. The predicted molar refractivity (Wildman–Crippen MR) is 72.4 cm³/mol. The molecule has 1 fully saturated rings. The van der Waals surface area contributed by atoms with Crippen LogP contribution in [0.3, 0.4) is 0 Å². The van der Waals surface area contributed by atoms with Gasteiger partial charge in [-0.25, -0.2) is 4.79 Å². The van der Waals surface area contributed by atoms with Crippen LogP contribution in [0.25, 0.3) is 0 Å². The predicted octanol–water partition coefficient (Wildman–Crippen LogP) is 1.67. The Morgan fingerprint density at radius 2 is 2.06 bits per heavy atom. The first kappa shape index (κ1) is 12.9. The third kappa shape index (κ3) is 2.48. The van der Waals surface area contributed by atoms with Gasteiger partial charge >= 0.3 is 6.03 Å². The molecule has 0 radical (unpaired) electrons. The molecule has 0 bridgehead atoms. The minimum atomic E-state index is -0.111. The molecule has 4 nitrogen and oxygen atoms in total. The van der Waals surface area contributed by atoms with E-state index in [4.69, 9.17) is 5.73 Å². The Balaban J connectivity index is 2.10. The van der Waals surface area contributed by atoms with Gasteiger partial charge in [-0.05, 0) is 25.0 Å². The van der Waals surface area contributed by atoms with Crippen LogP contribution in [-0.4, -0.2) is 42.5 Å². The maximum Gasteiger partial charge on any atom is 0.319 e. The molecule has 2 rings (SSSR count). The van der Waals surface area contributed by atoms with Crippen molar-refractivity contribution < 1.29 is 4.79 Å². The van der Waals surface area contributed by atoms with Crippen molar-refractivity contribution in [1.29, 1.82) is 0 Å². The zero-order valence-corrected chi connectivity index (χ0v) is 11.3. The highest BCUT2D eigenvalue weighted by atomic mass is 16.2. The van der Waals surface area contributed by atoms with E-state index in [-0.39, 0.29) is 12.1 Å². The third-order valence-electron chi connectivity index (χ3n) is 3.55. The van der Waals surface area contributed by atoms with Gasteiger partial charge in [0.2, 0.25) is 0 Å². The van der Waals surface area contributed by atoms with Crippen LogP contribution < -0.4 is 5.73 Å². The van der Waals surface area contributed by atoms with Crippen LogP contribution in [0.1, 0.15) is 22.7 Å². The summed E-state index contributed by atoms with van der Waals surface area (Å²) >= 11 is 0. The zero-order chi connectivity index (χ0) is 13.3. The van der Waals surface area contributed by atoms with Crippen LogP contribution in [0, 0.1) is 13.8 Å². The Labute approximate surface area is 108 Å². The summed E-state index contributed by atoms with van der Waals surface area (Å²) in [6.07, 6.45) is 0. The number of aryl methyl sites for hydroxylation is 2. The zero-order valence-electron chi connectivity index (χ0n) is 11.3. The molecule has 1 aromatic rings. The van der Waals surface area contributed by atoms with E-state index in [1.54, 1.807) is 4.90 Å². The van der Waals surface area contributed by atoms with Gasteiger partial charge in [-0.2, -0.15) is 0 Å². The fourth-order valence-electron chi connectivity index (χ4n) is 2.37. The normalized spacial score (nSPS) is 17.4.